The summed E-state index contributed by atoms with van der Waals surface area (Å²) in [6, 6.07) is 0. The molecule has 1 heterocycles. The van der Waals surface area contributed by atoms with E-state index in [2.05, 4.69) is 12.0 Å². The molecule has 1 unspecified atom stereocenters. The van der Waals surface area contributed by atoms with Crippen LogP contribution < -0.4 is 5.73 Å². The van der Waals surface area contributed by atoms with Gasteiger partial charge in [-0.05, 0) is 30.9 Å². The third kappa shape index (κ3) is 1.48. The first-order valence-corrected chi connectivity index (χ1v) is 4.96. The molecule has 3 heteroatoms. The van der Waals surface area contributed by atoms with Gasteiger partial charge in [0.15, 0.2) is 0 Å². The number of hydrogen-bond donors (Lipinski definition) is 1. The van der Waals surface area contributed by atoms with Gasteiger partial charge in [0.05, 0.1) is 6.20 Å². The van der Waals surface area contributed by atoms with Gasteiger partial charge in [-0.15, -0.1) is 0 Å². The Morgan fingerprint density at radius 1 is 1.69 bits per heavy atom. The summed E-state index contributed by atoms with van der Waals surface area (Å²) in [4.78, 5) is 0. The lowest BCUT2D eigenvalue weighted by Gasteiger charge is -2.09. The van der Waals surface area contributed by atoms with Crippen LogP contribution in [-0.2, 0) is 7.05 Å². The van der Waals surface area contributed by atoms with E-state index in [-0.39, 0.29) is 0 Å². The van der Waals surface area contributed by atoms with Gasteiger partial charge < -0.3 is 5.73 Å². The highest BCUT2D eigenvalue weighted by Gasteiger charge is 2.30. The molecule has 2 N–H and O–H groups in total. The predicted octanol–water partition coefficient (Wildman–Crippen LogP) is 1.36. The Morgan fingerprint density at radius 3 is 2.92 bits per heavy atom. The molecular weight excluding hydrogens is 162 g/mol. The van der Waals surface area contributed by atoms with E-state index in [9.17, 15) is 0 Å². The van der Waals surface area contributed by atoms with Crippen LogP contribution in [0.4, 0.5) is 0 Å². The number of hydrogen-bond acceptors (Lipinski definition) is 2. The van der Waals surface area contributed by atoms with E-state index in [0.29, 0.717) is 12.5 Å². The van der Waals surface area contributed by atoms with E-state index in [1.807, 2.05) is 17.9 Å². The number of nitrogens with zero attached hydrogens (tertiary/aromatic N) is 2. The second-order valence-corrected chi connectivity index (χ2v) is 4.02. The SMILES string of the molecule is CC(CN)c1cnn(C)c1C1CC1. The molecule has 1 saturated carbocycles. The van der Waals surface area contributed by atoms with Gasteiger partial charge in [0.1, 0.15) is 0 Å². The van der Waals surface area contributed by atoms with Crippen molar-refractivity contribution in [2.45, 2.75) is 31.6 Å². The van der Waals surface area contributed by atoms with Crippen molar-refractivity contribution in [3.63, 3.8) is 0 Å². The molecule has 1 aromatic rings. The van der Waals surface area contributed by atoms with Gasteiger partial charge >= 0.3 is 0 Å². The molecule has 0 spiro atoms. The molecule has 0 aromatic carbocycles. The van der Waals surface area contributed by atoms with Gasteiger partial charge in [0.2, 0.25) is 0 Å². The van der Waals surface area contributed by atoms with Crippen LogP contribution in [0.1, 0.15) is 42.9 Å². The van der Waals surface area contributed by atoms with Crippen LogP contribution in [0.25, 0.3) is 0 Å². The normalized spacial score (nSPS) is 19.0. The predicted molar refractivity (Wildman–Crippen MR) is 52.7 cm³/mol. The molecule has 72 valence electrons. The van der Waals surface area contributed by atoms with Crippen LogP contribution in [0, 0.1) is 0 Å². The molecule has 1 aliphatic rings. The quantitative estimate of drug-likeness (QED) is 0.761. The second-order valence-electron chi connectivity index (χ2n) is 4.02. The highest BCUT2D eigenvalue weighted by Crippen LogP contribution is 2.42. The smallest absolute Gasteiger partial charge is 0.0527 e. The van der Waals surface area contributed by atoms with Crippen molar-refractivity contribution in [1.82, 2.24) is 9.78 Å². The molecule has 0 bridgehead atoms. The summed E-state index contributed by atoms with van der Waals surface area (Å²) in [6.45, 7) is 2.88. The number of aromatic nitrogens is 2. The van der Waals surface area contributed by atoms with Gasteiger partial charge in [0, 0.05) is 18.7 Å². The maximum atomic E-state index is 5.67. The average molecular weight is 179 g/mol. The maximum absolute atomic E-state index is 5.67. The molecule has 2 rings (SSSR count). The summed E-state index contributed by atoms with van der Waals surface area (Å²) in [5.41, 5.74) is 8.43. The number of rotatable bonds is 3. The van der Waals surface area contributed by atoms with Gasteiger partial charge in [0.25, 0.3) is 0 Å². The van der Waals surface area contributed by atoms with Crippen molar-refractivity contribution in [2.75, 3.05) is 6.54 Å². The molecular formula is C10H17N3. The van der Waals surface area contributed by atoms with Crippen LogP contribution in [0.2, 0.25) is 0 Å². The summed E-state index contributed by atoms with van der Waals surface area (Å²) >= 11 is 0. The van der Waals surface area contributed by atoms with Gasteiger partial charge in [-0.3, -0.25) is 4.68 Å². The highest BCUT2D eigenvalue weighted by molar-refractivity contribution is 5.28. The van der Waals surface area contributed by atoms with E-state index in [1.165, 1.54) is 24.1 Å². The fraction of sp³-hybridized carbons (Fsp3) is 0.700. The second kappa shape index (κ2) is 3.14. The van der Waals surface area contributed by atoms with Crippen LogP contribution in [0.3, 0.4) is 0 Å². The summed E-state index contributed by atoms with van der Waals surface area (Å²) < 4.78 is 2.01. The maximum Gasteiger partial charge on any atom is 0.0527 e. The highest BCUT2D eigenvalue weighted by atomic mass is 15.3. The Kier molecular flexibility index (Phi) is 2.12. The molecule has 1 fully saturated rings. The van der Waals surface area contributed by atoms with Crippen molar-refractivity contribution >= 4 is 0 Å². The Bertz CT molecular complexity index is 299. The summed E-state index contributed by atoms with van der Waals surface area (Å²) in [5.74, 6) is 1.21. The minimum Gasteiger partial charge on any atom is -0.330 e. The molecule has 0 saturated heterocycles. The monoisotopic (exact) mass is 179 g/mol. The lowest BCUT2D eigenvalue weighted by atomic mass is 10.00. The minimum absolute atomic E-state index is 0.448. The first kappa shape index (κ1) is 8.75. The molecule has 0 radical (unpaired) electrons. The Labute approximate surface area is 78.9 Å². The molecule has 3 nitrogen and oxygen atoms in total. The Hall–Kier alpha value is -0.830. The lowest BCUT2D eigenvalue weighted by molar-refractivity contribution is 0.696. The number of aryl methyl sites for hydroxylation is 1. The third-order valence-electron chi connectivity index (χ3n) is 2.86. The molecule has 1 aliphatic carbocycles. The Balaban J connectivity index is 2.33. The van der Waals surface area contributed by atoms with Crippen LogP contribution in [0.5, 0.6) is 0 Å². The van der Waals surface area contributed by atoms with Crippen LogP contribution in [0.15, 0.2) is 6.20 Å². The minimum atomic E-state index is 0.448. The summed E-state index contributed by atoms with van der Waals surface area (Å²) in [5, 5.41) is 4.31. The molecule has 13 heavy (non-hydrogen) atoms. The topological polar surface area (TPSA) is 43.8 Å². The zero-order chi connectivity index (χ0) is 9.42. The van der Waals surface area contributed by atoms with E-state index in [0.717, 1.165) is 5.92 Å². The first-order valence-electron chi connectivity index (χ1n) is 4.96. The van der Waals surface area contributed by atoms with E-state index < -0.39 is 0 Å². The average Bonchev–Trinajstić information content (AvgIpc) is 2.89. The molecule has 0 aliphatic heterocycles. The zero-order valence-corrected chi connectivity index (χ0v) is 8.33. The van der Waals surface area contributed by atoms with E-state index >= 15 is 0 Å². The van der Waals surface area contributed by atoms with Crippen LogP contribution >= 0.6 is 0 Å². The molecule has 1 atom stereocenters. The van der Waals surface area contributed by atoms with Crippen molar-refractivity contribution in [3.05, 3.63) is 17.5 Å². The van der Waals surface area contributed by atoms with Crippen molar-refractivity contribution in [3.8, 4) is 0 Å². The fourth-order valence-electron chi connectivity index (χ4n) is 1.83. The first-order chi connectivity index (χ1) is 6.24. The standard InChI is InChI=1S/C10H17N3/c1-7(5-11)9-6-12-13(2)10(9)8-3-4-8/h6-8H,3-5,11H2,1-2H3. The summed E-state index contributed by atoms with van der Waals surface area (Å²) in [7, 11) is 2.03. The molecule has 0 amide bonds. The zero-order valence-electron chi connectivity index (χ0n) is 8.33. The van der Waals surface area contributed by atoms with Crippen molar-refractivity contribution in [2.24, 2.45) is 12.8 Å². The Morgan fingerprint density at radius 2 is 2.38 bits per heavy atom. The van der Waals surface area contributed by atoms with Gasteiger partial charge in [-0.2, -0.15) is 5.10 Å². The largest absolute Gasteiger partial charge is 0.330 e. The van der Waals surface area contributed by atoms with Crippen molar-refractivity contribution in [1.29, 1.82) is 0 Å². The third-order valence-corrected chi connectivity index (χ3v) is 2.86. The van der Waals surface area contributed by atoms with Gasteiger partial charge in [-0.25, -0.2) is 0 Å². The fourth-order valence-corrected chi connectivity index (χ4v) is 1.83. The lowest BCUT2D eigenvalue weighted by Crippen LogP contribution is -2.10. The molecule has 1 aromatic heterocycles. The summed E-state index contributed by atoms with van der Waals surface area (Å²) in [6.07, 6.45) is 4.62. The van der Waals surface area contributed by atoms with Crippen LogP contribution in [-0.4, -0.2) is 16.3 Å². The van der Waals surface area contributed by atoms with E-state index in [4.69, 9.17) is 5.73 Å². The van der Waals surface area contributed by atoms with Crippen molar-refractivity contribution < 1.29 is 0 Å². The number of nitrogens with two attached hydrogens (primary N) is 1. The van der Waals surface area contributed by atoms with Gasteiger partial charge in [-0.1, -0.05) is 6.92 Å². The van der Waals surface area contributed by atoms with E-state index in [1.54, 1.807) is 0 Å².